The second kappa shape index (κ2) is 10.0. The van der Waals surface area contributed by atoms with Gasteiger partial charge in [0, 0.05) is 26.2 Å². The van der Waals surface area contributed by atoms with E-state index in [4.69, 9.17) is 4.74 Å². The van der Waals surface area contributed by atoms with Crippen LogP contribution in [-0.4, -0.2) is 85.3 Å². The summed E-state index contributed by atoms with van der Waals surface area (Å²) in [6.07, 6.45) is 3.78. The van der Waals surface area contributed by atoms with Gasteiger partial charge in [0.25, 0.3) is 5.56 Å². The molecule has 2 aliphatic rings. The van der Waals surface area contributed by atoms with Crippen LogP contribution in [0, 0.1) is 0 Å². The third-order valence-corrected chi connectivity index (χ3v) is 7.48. The third-order valence-electron chi connectivity index (χ3n) is 7.48. The van der Waals surface area contributed by atoms with E-state index in [-0.39, 0.29) is 18.1 Å². The van der Waals surface area contributed by atoms with Crippen LogP contribution in [0.15, 0.2) is 71.9 Å². The minimum absolute atomic E-state index is 0.0141. The first kappa shape index (κ1) is 24.3. The molecule has 2 aromatic carbocycles. The zero-order valence-electron chi connectivity index (χ0n) is 21.1. The van der Waals surface area contributed by atoms with Gasteiger partial charge >= 0.3 is 6.03 Å². The number of aromatic nitrogens is 4. The number of nitrogens with zero attached hydrogens (tertiary/aromatic N) is 6. The molecule has 196 valence electrons. The van der Waals surface area contributed by atoms with Crippen LogP contribution in [0.3, 0.4) is 0 Å². The van der Waals surface area contributed by atoms with Crippen LogP contribution in [0.5, 0.6) is 0 Å². The molecule has 38 heavy (non-hydrogen) atoms. The lowest BCUT2D eigenvalue weighted by Gasteiger charge is -2.40. The average Bonchev–Trinajstić information content (AvgIpc) is 3.41. The highest BCUT2D eigenvalue weighted by atomic mass is 16.5. The molecule has 0 saturated carbocycles. The Morgan fingerprint density at radius 1 is 0.921 bits per heavy atom. The van der Waals surface area contributed by atoms with E-state index >= 15 is 0 Å². The maximum atomic E-state index is 13.3. The molecule has 0 aliphatic carbocycles. The molecule has 2 amide bonds. The van der Waals surface area contributed by atoms with Gasteiger partial charge < -0.3 is 19.6 Å². The van der Waals surface area contributed by atoms with Gasteiger partial charge in [-0.05, 0) is 36.1 Å². The summed E-state index contributed by atoms with van der Waals surface area (Å²) in [5.41, 5.74) is 2.15. The molecule has 2 aromatic heterocycles. The normalized spacial score (nSPS) is 17.6. The number of benzene rings is 2. The van der Waals surface area contributed by atoms with Crippen LogP contribution in [0.25, 0.3) is 27.8 Å². The van der Waals surface area contributed by atoms with Gasteiger partial charge in [-0.25, -0.2) is 14.5 Å². The van der Waals surface area contributed by atoms with Crippen molar-refractivity contribution in [1.29, 1.82) is 0 Å². The minimum atomic E-state index is -1.09. The largest absolute Gasteiger partial charge is 0.388 e. The highest BCUT2D eigenvalue weighted by molar-refractivity contribution is 5.76. The second-order valence-corrected chi connectivity index (χ2v) is 9.98. The Labute approximate surface area is 219 Å². The number of urea groups is 1. The quantitative estimate of drug-likeness (QED) is 0.449. The number of hydrogen-bond donors (Lipinski definition) is 1. The number of rotatable bonds is 4. The van der Waals surface area contributed by atoms with Gasteiger partial charge in [-0.3, -0.25) is 9.36 Å². The molecule has 0 atom stereocenters. The zero-order chi connectivity index (χ0) is 26.1. The van der Waals surface area contributed by atoms with Gasteiger partial charge in [-0.2, -0.15) is 5.10 Å². The molecule has 4 heterocycles. The average molecular weight is 515 g/mol. The van der Waals surface area contributed by atoms with Crippen LogP contribution in [0.4, 0.5) is 4.79 Å². The Morgan fingerprint density at radius 3 is 2.29 bits per heavy atom. The summed E-state index contributed by atoms with van der Waals surface area (Å²) in [6, 6.07) is 18.0. The Hall–Kier alpha value is -4.02. The van der Waals surface area contributed by atoms with E-state index in [2.05, 4.69) is 22.2 Å². The molecule has 0 unspecified atom stereocenters. The molecule has 0 bridgehead atoms. The molecule has 1 N–H and O–H groups in total. The first-order valence-electron chi connectivity index (χ1n) is 12.9. The van der Waals surface area contributed by atoms with Crippen molar-refractivity contribution in [3.05, 3.63) is 77.5 Å². The summed E-state index contributed by atoms with van der Waals surface area (Å²) in [5.74, 6) is 0. The van der Waals surface area contributed by atoms with Crippen LogP contribution in [0.1, 0.15) is 12.8 Å². The maximum Gasteiger partial charge on any atom is 0.320 e. The number of morpholine rings is 1. The fourth-order valence-electron chi connectivity index (χ4n) is 5.22. The van der Waals surface area contributed by atoms with Gasteiger partial charge in [0.1, 0.15) is 11.7 Å². The predicted molar refractivity (Wildman–Crippen MR) is 142 cm³/mol. The zero-order valence-corrected chi connectivity index (χ0v) is 21.1. The highest BCUT2D eigenvalue weighted by Gasteiger charge is 2.36. The molecule has 2 saturated heterocycles. The topological polar surface area (TPSA) is 106 Å². The van der Waals surface area contributed by atoms with Crippen LogP contribution < -0.4 is 5.56 Å². The number of amides is 2. The van der Waals surface area contributed by atoms with Crippen LogP contribution in [-0.2, 0) is 11.3 Å². The summed E-state index contributed by atoms with van der Waals surface area (Å²) in [5, 5.41) is 16.1. The van der Waals surface area contributed by atoms with E-state index in [1.54, 1.807) is 14.5 Å². The van der Waals surface area contributed by atoms with E-state index in [1.165, 1.54) is 17.1 Å². The van der Waals surface area contributed by atoms with Crippen molar-refractivity contribution in [3.8, 4) is 16.8 Å². The Balaban J connectivity index is 1.16. The van der Waals surface area contributed by atoms with E-state index in [0.29, 0.717) is 63.3 Å². The van der Waals surface area contributed by atoms with Gasteiger partial charge in [-0.1, -0.05) is 42.5 Å². The van der Waals surface area contributed by atoms with Crippen molar-refractivity contribution >= 4 is 17.1 Å². The molecule has 2 fully saturated rings. The summed E-state index contributed by atoms with van der Waals surface area (Å²) < 4.78 is 8.43. The number of carbonyl (C=O) groups excluding carboxylic acids is 1. The summed E-state index contributed by atoms with van der Waals surface area (Å²) in [6.45, 7) is 3.28. The van der Waals surface area contributed by atoms with Gasteiger partial charge in [-0.15, -0.1) is 0 Å². The number of carbonyl (C=O) groups is 1. The van der Waals surface area contributed by atoms with Gasteiger partial charge in [0.2, 0.25) is 0 Å². The smallest absolute Gasteiger partial charge is 0.320 e. The lowest BCUT2D eigenvalue weighted by molar-refractivity contribution is -0.0320. The fourth-order valence-corrected chi connectivity index (χ4v) is 5.22. The number of fused-ring (bicyclic) bond motifs is 1. The number of hydrogen-bond acceptors (Lipinski definition) is 6. The third kappa shape index (κ3) is 4.68. The molecule has 0 radical (unpaired) electrons. The Bertz CT molecular complexity index is 1480. The number of ether oxygens (including phenoxy) is 1. The molecule has 0 spiro atoms. The predicted octanol–water partition coefficient (Wildman–Crippen LogP) is 2.53. The maximum absolute atomic E-state index is 13.3. The Kier molecular flexibility index (Phi) is 6.42. The molecular weight excluding hydrogens is 484 g/mol. The van der Waals surface area contributed by atoms with E-state index in [0.717, 1.165) is 16.8 Å². The standard InChI is InChI=1S/C28H30N6O4/c35-26-24-18-30-34(23-8-6-22(7-9-23)21-4-2-1-3-5-21)25(24)29-20-33(26)19-28(37)10-12-31(13-11-28)27(36)32-14-16-38-17-15-32/h1-9,18,20,37H,10-17,19H2. The fraction of sp³-hybridized carbons (Fsp3) is 0.357. The molecule has 2 aliphatic heterocycles. The van der Waals surface area contributed by atoms with Crippen LogP contribution in [0.2, 0.25) is 0 Å². The number of aliphatic hydroxyl groups is 1. The lowest BCUT2D eigenvalue weighted by Crippen LogP contribution is -2.54. The monoisotopic (exact) mass is 514 g/mol. The minimum Gasteiger partial charge on any atom is -0.388 e. The SMILES string of the molecule is O=C(N1CCOCC1)N1CCC(O)(Cn2cnc3c(cnn3-c3ccc(-c4ccccc4)cc3)c2=O)CC1. The van der Waals surface area contributed by atoms with Crippen molar-refractivity contribution in [2.75, 3.05) is 39.4 Å². The van der Waals surface area contributed by atoms with E-state index in [1.807, 2.05) is 42.5 Å². The number of likely N-dealkylation sites (tertiary alicyclic amines) is 1. The highest BCUT2D eigenvalue weighted by Crippen LogP contribution is 2.25. The molecular formula is C28H30N6O4. The van der Waals surface area contributed by atoms with Crippen molar-refractivity contribution < 1.29 is 14.6 Å². The summed E-state index contributed by atoms with van der Waals surface area (Å²) in [4.78, 5) is 34.2. The molecule has 10 heteroatoms. The summed E-state index contributed by atoms with van der Waals surface area (Å²) in [7, 11) is 0. The lowest BCUT2D eigenvalue weighted by atomic mass is 9.91. The van der Waals surface area contributed by atoms with E-state index < -0.39 is 5.60 Å². The van der Waals surface area contributed by atoms with E-state index in [9.17, 15) is 14.7 Å². The van der Waals surface area contributed by atoms with Crippen molar-refractivity contribution in [2.24, 2.45) is 0 Å². The van der Waals surface area contributed by atoms with Gasteiger partial charge in [0.05, 0.1) is 37.2 Å². The second-order valence-electron chi connectivity index (χ2n) is 9.98. The number of piperidine rings is 1. The molecule has 10 nitrogen and oxygen atoms in total. The van der Waals surface area contributed by atoms with Crippen molar-refractivity contribution in [2.45, 2.75) is 25.0 Å². The molecule has 4 aromatic rings. The van der Waals surface area contributed by atoms with Crippen molar-refractivity contribution in [3.63, 3.8) is 0 Å². The first-order valence-corrected chi connectivity index (χ1v) is 12.9. The Morgan fingerprint density at radius 2 is 1.58 bits per heavy atom. The van der Waals surface area contributed by atoms with Gasteiger partial charge in [0.15, 0.2) is 5.65 Å². The van der Waals surface area contributed by atoms with Crippen molar-refractivity contribution in [1.82, 2.24) is 29.1 Å². The summed E-state index contributed by atoms with van der Waals surface area (Å²) >= 11 is 0. The first-order chi connectivity index (χ1) is 18.5. The van der Waals surface area contributed by atoms with Crippen LogP contribution >= 0.6 is 0 Å². The molecule has 6 rings (SSSR count).